The number of hydrogen-bond acceptors (Lipinski definition) is 17. The third-order valence-corrected chi connectivity index (χ3v) is 25.7. The standard InChI is InChI=1S/C15H20N2O.C13H17NO2.C12H20N2O.C12H16O2S.C12H14O2S.C11H14O2.C10H13NO2.C10H15NO.C9H13NO/c1-15(2,3)13-4-5-14(12(10-13)11-16)17-6-8-18-9-7-17;1-13(2,3)10-4-6-11(7-5-10)14-8-9-16-12(14)15;1-12(2,3)10-8-13-14(9-10)11-4-6-15-7-5-11;2*1-12(2,3)10-5-4-9-6-7-15(13,14)11(9)8-10;1-11(2,3)8-4-5-9-10(6-8)13-7-12-9;1-10(2,3)8-4-6-9(7-5-8)11(12)13;1-10(2,3)8-5-6-11(4)9(12)7-8;1-9(2,3)7-4-5-10-8(11)6-7/h4-5,10H,6-9H2,1-3H3;4-7H,8-9H2,1-3H3;8-9,11H,4-7H2,1-3H3;4-5,8H,6-7H2,1-3H3;4-8H,1-3H3;4-6H,7H2,1-3H3;4-7H,1-3H3;5-7H,1-4H3;4-6H,1-3H3,(H,10,11). The van der Waals surface area contributed by atoms with Gasteiger partial charge in [0.1, 0.15) is 12.7 Å². The third-order valence-electron chi connectivity index (χ3n) is 22.5. The van der Waals surface area contributed by atoms with Crippen molar-refractivity contribution >= 4 is 48.9 Å². The summed E-state index contributed by atoms with van der Waals surface area (Å²) in [5.41, 5.74) is 15.9. The number of amides is 1. The van der Waals surface area contributed by atoms with E-state index in [0.29, 0.717) is 42.2 Å². The van der Waals surface area contributed by atoms with E-state index in [2.05, 4.69) is 255 Å². The van der Waals surface area contributed by atoms with Crippen molar-refractivity contribution in [1.82, 2.24) is 19.3 Å². The van der Waals surface area contributed by atoms with Crippen LogP contribution in [0.3, 0.4) is 0 Å². The highest BCUT2D eigenvalue weighted by Gasteiger charge is 2.31. The number of nitro groups is 1. The first-order valence-corrected chi connectivity index (χ1v) is 47.3. The van der Waals surface area contributed by atoms with E-state index in [1.807, 2.05) is 79.1 Å². The molecular formula is C104H142N8O14S2. The maximum Gasteiger partial charge on any atom is 0.414 e. The second-order valence-electron chi connectivity index (χ2n) is 42.2. The fraction of sp³-hybridized carbons (Fsp3) is 0.490. The summed E-state index contributed by atoms with van der Waals surface area (Å²) in [5, 5.41) is 25.4. The van der Waals surface area contributed by atoms with E-state index in [1.54, 1.807) is 71.3 Å². The van der Waals surface area contributed by atoms with Crippen LogP contribution < -0.4 is 30.4 Å². The molecule has 22 nitrogen and oxygen atoms in total. The molecule has 0 aliphatic carbocycles. The molecule has 1 N–H and O–H groups in total. The first kappa shape index (κ1) is 105. The van der Waals surface area contributed by atoms with Gasteiger partial charge in [0.15, 0.2) is 31.2 Å². The summed E-state index contributed by atoms with van der Waals surface area (Å²) in [6.07, 6.45) is 11.9. The number of pyridine rings is 2. The minimum atomic E-state index is -3.17. The number of morpholine rings is 1. The second kappa shape index (κ2) is 42.9. The normalized spacial score (nSPS) is 15.7. The Morgan fingerprint density at radius 2 is 0.961 bits per heavy atom. The van der Waals surface area contributed by atoms with Gasteiger partial charge in [0.2, 0.25) is 12.4 Å². The lowest BCUT2D eigenvalue weighted by Gasteiger charge is -2.30. The van der Waals surface area contributed by atoms with Crippen molar-refractivity contribution in [3.63, 3.8) is 0 Å². The summed E-state index contributed by atoms with van der Waals surface area (Å²) in [4.78, 5) is 50.9. The summed E-state index contributed by atoms with van der Waals surface area (Å²) >= 11 is 0. The molecule has 3 saturated heterocycles. The molecule has 0 unspecified atom stereocenters. The van der Waals surface area contributed by atoms with Crippen LogP contribution in [0, 0.1) is 21.4 Å². The van der Waals surface area contributed by atoms with Gasteiger partial charge in [0.05, 0.1) is 63.7 Å². The van der Waals surface area contributed by atoms with Crippen LogP contribution in [0.1, 0.15) is 273 Å². The molecule has 0 saturated carbocycles. The molecule has 9 heterocycles. The first-order valence-electron chi connectivity index (χ1n) is 44.1. The molecule has 128 heavy (non-hydrogen) atoms. The predicted octanol–water partition coefficient (Wildman–Crippen LogP) is 22.2. The van der Waals surface area contributed by atoms with Crippen molar-refractivity contribution in [2.24, 2.45) is 7.05 Å². The minimum absolute atomic E-state index is 0.00708. The maximum absolute atomic E-state index is 11.7. The Hall–Kier alpha value is -10.5. The Kier molecular flexibility index (Phi) is 35.0. The Labute approximate surface area is 762 Å². The second-order valence-corrected chi connectivity index (χ2v) is 46.1. The number of carbonyl (C=O) groups excluding carboxylic acids is 1. The lowest BCUT2D eigenvalue weighted by molar-refractivity contribution is -0.384. The average Bonchev–Trinajstić information content (AvgIpc) is 1.63. The van der Waals surface area contributed by atoms with E-state index in [0.717, 1.165) is 120 Å². The number of nitrogens with one attached hydrogen (secondary N) is 1. The molecule has 15 rings (SSSR count). The lowest BCUT2D eigenvalue weighted by atomic mass is 9.86. The number of rotatable bonds is 4. The number of ether oxygens (including phenoxy) is 5. The molecule has 0 atom stereocenters. The fourth-order valence-electron chi connectivity index (χ4n) is 13.7. The molecule has 6 aliphatic heterocycles. The summed E-state index contributed by atoms with van der Waals surface area (Å²) in [5.74, 6) is 2.00. The highest BCUT2D eigenvalue weighted by Crippen LogP contribution is 2.39. The van der Waals surface area contributed by atoms with Crippen LogP contribution in [0.5, 0.6) is 11.5 Å². The number of aryl methyl sites for hydroxylation is 2. The van der Waals surface area contributed by atoms with Gasteiger partial charge >= 0.3 is 6.09 Å². The minimum Gasteiger partial charge on any atom is -0.454 e. The summed E-state index contributed by atoms with van der Waals surface area (Å²) in [7, 11) is -4.40. The number of carbonyl (C=O) groups is 1. The Morgan fingerprint density at radius 1 is 0.492 bits per heavy atom. The number of non-ortho nitro benzene ring substituents is 1. The number of nitriles is 1. The number of nitro benzene ring substituents is 1. The summed E-state index contributed by atoms with van der Waals surface area (Å²) in [6, 6.07) is 48.7. The summed E-state index contributed by atoms with van der Waals surface area (Å²) < 4.78 is 76.6. The molecule has 0 radical (unpaired) electrons. The highest BCUT2D eigenvalue weighted by atomic mass is 32.2. The van der Waals surface area contributed by atoms with Crippen molar-refractivity contribution in [2.75, 3.05) is 75.0 Å². The summed E-state index contributed by atoms with van der Waals surface area (Å²) in [6.45, 7) is 64.0. The molecule has 0 bridgehead atoms. The van der Waals surface area contributed by atoms with Crippen molar-refractivity contribution in [2.45, 2.75) is 271 Å². The molecule has 24 heteroatoms. The number of sulfone groups is 2. The van der Waals surface area contributed by atoms with Gasteiger partial charge in [-0.1, -0.05) is 248 Å². The van der Waals surface area contributed by atoms with Crippen LogP contribution in [-0.2, 0) is 96.1 Å². The Morgan fingerprint density at radius 3 is 1.45 bits per heavy atom. The molecule has 0 spiro atoms. The molecule has 3 fully saturated rings. The smallest absolute Gasteiger partial charge is 0.414 e. The van der Waals surface area contributed by atoms with E-state index in [9.17, 15) is 46.6 Å². The fourth-order valence-corrected chi connectivity index (χ4v) is 16.5. The maximum atomic E-state index is 11.7. The van der Waals surface area contributed by atoms with E-state index in [1.165, 1.54) is 27.7 Å². The topological polar surface area (TPSA) is 278 Å². The zero-order chi connectivity index (χ0) is 95.7. The molecule has 6 aromatic carbocycles. The van der Waals surface area contributed by atoms with Gasteiger partial charge in [0, 0.05) is 87.3 Å². The van der Waals surface area contributed by atoms with Crippen LogP contribution in [-0.4, -0.2) is 112 Å². The van der Waals surface area contributed by atoms with Gasteiger partial charge in [-0.05, 0) is 196 Å². The Bertz CT molecular complexity index is 5640. The molecule has 1 amide bonds. The van der Waals surface area contributed by atoms with E-state index < -0.39 is 19.7 Å². The van der Waals surface area contributed by atoms with E-state index in [4.69, 9.17) is 23.7 Å². The predicted molar refractivity (Wildman–Crippen MR) is 518 cm³/mol. The molecule has 3 aromatic heterocycles. The number of nitrogens with zero attached hydrogens (tertiary/aromatic N) is 7. The largest absolute Gasteiger partial charge is 0.454 e. The van der Waals surface area contributed by atoms with Crippen LogP contribution in [0.25, 0.3) is 6.08 Å². The van der Waals surface area contributed by atoms with Crippen LogP contribution in [0.4, 0.5) is 21.9 Å². The van der Waals surface area contributed by atoms with Crippen LogP contribution >= 0.6 is 0 Å². The number of H-pyrrole nitrogens is 1. The number of fused-ring (bicyclic) bond motifs is 3. The van der Waals surface area contributed by atoms with Crippen molar-refractivity contribution in [3.05, 3.63) is 273 Å². The number of aromatic amines is 1. The number of anilines is 2. The number of aromatic nitrogens is 4. The van der Waals surface area contributed by atoms with Gasteiger partial charge in [-0.2, -0.15) is 10.4 Å². The van der Waals surface area contributed by atoms with Gasteiger partial charge in [-0.15, -0.1) is 0 Å². The highest BCUT2D eigenvalue weighted by molar-refractivity contribution is 7.94. The molecule has 6 aliphatic rings. The average molecular weight is 1790 g/mol. The quantitative estimate of drug-likeness (QED) is 0.127. The zero-order valence-electron chi connectivity index (χ0n) is 81.3. The van der Waals surface area contributed by atoms with Gasteiger partial charge in [-0.25, -0.2) is 21.6 Å². The SMILES string of the molecule is CC(C)(C)c1cc[nH]c(=O)c1.CC(C)(C)c1ccc(N2CCOC2=O)cc1.CC(C)(C)c1ccc(N2CCOCC2)c(C#N)c1.CC(C)(C)c1ccc([N+](=O)[O-])cc1.CC(C)(C)c1ccc2c(c1)OCO2.CC(C)(C)c1ccc2c(c1)S(=O)(=O)C=C2.CC(C)(C)c1ccc2c(c1)S(=O)(=O)CC2.CC(C)(C)c1cnn(C2CCOCC2)c1.Cn1ccc(C(C)(C)C)cc1=O. The van der Waals surface area contributed by atoms with Gasteiger partial charge < -0.3 is 38.1 Å². The van der Waals surface area contributed by atoms with Crippen molar-refractivity contribution < 1.29 is 50.2 Å². The van der Waals surface area contributed by atoms with Crippen LogP contribution in [0.2, 0.25) is 0 Å². The zero-order valence-corrected chi connectivity index (χ0v) is 82.9. The number of hydrogen-bond donors (Lipinski definition) is 1. The first-order chi connectivity index (χ1) is 59.1. The van der Waals surface area contributed by atoms with Gasteiger partial charge in [-0.3, -0.25) is 29.3 Å². The molecular weight excluding hydrogens is 1650 g/mol. The molecule has 694 valence electrons. The number of cyclic esters (lactones) is 1. The third kappa shape index (κ3) is 30.9. The van der Waals surface area contributed by atoms with Crippen LogP contribution in [0.15, 0.2) is 195 Å². The molecule has 9 aromatic rings. The number of benzene rings is 6. The van der Waals surface area contributed by atoms with E-state index >= 15 is 0 Å². The van der Waals surface area contributed by atoms with E-state index in [-0.39, 0.29) is 82.3 Å². The Balaban J connectivity index is 0.000000198. The lowest BCUT2D eigenvalue weighted by Crippen LogP contribution is -2.36. The van der Waals surface area contributed by atoms with Gasteiger partial charge in [0.25, 0.3) is 11.2 Å². The van der Waals surface area contributed by atoms with Crippen molar-refractivity contribution in [1.29, 1.82) is 5.26 Å². The van der Waals surface area contributed by atoms with Crippen molar-refractivity contribution in [3.8, 4) is 17.6 Å². The monoisotopic (exact) mass is 1790 g/mol.